The van der Waals surface area contributed by atoms with Crippen molar-refractivity contribution in [3.63, 3.8) is 0 Å². The van der Waals surface area contributed by atoms with Gasteiger partial charge >= 0.3 is 0 Å². The van der Waals surface area contributed by atoms with Crippen molar-refractivity contribution in [3.8, 4) is 5.75 Å². The molecule has 0 aromatic heterocycles. The summed E-state index contributed by atoms with van der Waals surface area (Å²) in [5, 5.41) is 10.7. The number of aliphatic hydroxyl groups is 1. The maximum Gasteiger partial charge on any atom is 0.124 e. The first-order valence-corrected chi connectivity index (χ1v) is 8.16. The van der Waals surface area contributed by atoms with Gasteiger partial charge in [0.2, 0.25) is 0 Å². The molecule has 0 saturated heterocycles. The van der Waals surface area contributed by atoms with Crippen LogP contribution in [0.1, 0.15) is 51.2 Å². The van der Waals surface area contributed by atoms with Crippen LogP contribution in [0.3, 0.4) is 0 Å². The topological polar surface area (TPSA) is 32.7 Å². The van der Waals surface area contributed by atoms with E-state index in [4.69, 9.17) is 4.74 Å². The van der Waals surface area contributed by atoms with Gasteiger partial charge in [0.1, 0.15) is 5.75 Å². The third-order valence-corrected chi connectivity index (χ3v) is 4.35. The molecule has 0 heterocycles. The fraction of sp³-hybridized carbons (Fsp3) is 0.667. The smallest absolute Gasteiger partial charge is 0.124 e. The second-order valence-corrected chi connectivity index (χ2v) is 6.54. The minimum atomic E-state index is -0.486. The molecule has 1 atom stereocenters. The molecule has 2 rings (SSSR count). The first kappa shape index (κ1) is 16.3. The van der Waals surface area contributed by atoms with E-state index in [2.05, 4.69) is 18.7 Å². The molecule has 1 saturated carbocycles. The van der Waals surface area contributed by atoms with Crippen LogP contribution in [0.25, 0.3) is 0 Å². The van der Waals surface area contributed by atoms with Crippen molar-refractivity contribution in [3.05, 3.63) is 29.8 Å². The number of para-hydroxylation sites is 1. The van der Waals surface area contributed by atoms with Crippen LogP contribution in [0, 0.1) is 5.92 Å². The van der Waals surface area contributed by atoms with E-state index in [9.17, 15) is 5.11 Å². The Morgan fingerprint density at radius 1 is 1.19 bits per heavy atom. The van der Waals surface area contributed by atoms with Crippen LogP contribution in [-0.2, 0) is 0 Å². The molecule has 1 aliphatic carbocycles. The molecule has 0 bridgehead atoms. The van der Waals surface area contributed by atoms with E-state index >= 15 is 0 Å². The van der Waals surface area contributed by atoms with Crippen LogP contribution in [0.2, 0.25) is 0 Å². The summed E-state index contributed by atoms with van der Waals surface area (Å²) in [6.07, 6.45) is 4.70. The standard InChI is InChI=1S/C18H29NO2/c1-14(2)12-19(15-8-4-5-9-15)13-17(20)16-10-6-7-11-18(16)21-3/h6-7,10-11,14-15,17,20H,4-5,8-9,12-13H2,1-3H3. The van der Waals surface area contributed by atoms with Crippen molar-refractivity contribution in [1.29, 1.82) is 0 Å². The fourth-order valence-corrected chi connectivity index (χ4v) is 3.37. The third kappa shape index (κ3) is 4.45. The largest absolute Gasteiger partial charge is 0.496 e. The van der Waals surface area contributed by atoms with E-state index in [0.717, 1.165) is 17.9 Å². The fourth-order valence-electron chi connectivity index (χ4n) is 3.37. The van der Waals surface area contributed by atoms with Gasteiger partial charge in [-0.1, -0.05) is 44.9 Å². The second kappa shape index (κ2) is 7.81. The van der Waals surface area contributed by atoms with E-state index < -0.39 is 6.10 Å². The highest BCUT2D eigenvalue weighted by molar-refractivity contribution is 5.35. The molecule has 1 fully saturated rings. The Kier molecular flexibility index (Phi) is 6.07. The Labute approximate surface area is 128 Å². The minimum Gasteiger partial charge on any atom is -0.496 e. The summed E-state index contributed by atoms with van der Waals surface area (Å²) in [4.78, 5) is 2.48. The highest BCUT2D eigenvalue weighted by Crippen LogP contribution is 2.29. The predicted molar refractivity (Wildman–Crippen MR) is 86.6 cm³/mol. The summed E-state index contributed by atoms with van der Waals surface area (Å²) in [6.45, 7) is 6.25. The molecule has 0 amide bonds. The molecule has 1 aromatic carbocycles. The highest BCUT2D eigenvalue weighted by atomic mass is 16.5. The van der Waals surface area contributed by atoms with Gasteiger partial charge < -0.3 is 9.84 Å². The van der Waals surface area contributed by atoms with Crippen LogP contribution in [0.15, 0.2) is 24.3 Å². The Morgan fingerprint density at radius 3 is 2.48 bits per heavy atom. The number of methoxy groups -OCH3 is 1. The SMILES string of the molecule is COc1ccccc1C(O)CN(CC(C)C)C1CCCC1. The van der Waals surface area contributed by atoms with Gasteiger partial charge in [0.15, 0.2) is 0 Å². The Hall–Kier alpha value is -1.06. The average Bonchev–Trinajstić information content (AvgIpc) is 3.00. The minimum absolute atomic E-state index is 0.486. The van der Waals surface area contributed by atoms with E-state index in [1.54, 1.807) is 7.11 Å². The monoisotopic (exact) mass is 291 g/mol. The normalized spacial score (nSPS) is 17.6. The second-order valence-electron chi connectivity index (χ2n) is 6.54. The van der Waals surface area contributed by atoms with Crippen molar-refractivity contribution < 1.29 is 9.84 Å². The number of aliphatic hydroxyl groups excluding tert-OH is 1. The van der Waals surface area contributed by atoms with Gasteiger partial charge in [0, 0.05) is 24.7 Å². The molecule has 21 heavy (non-hydrogen) atoms. The zero-order valence-corrected chi connectivity index (χ0v) is 13.6. The molecule has 1 aromatic rings. The van der Waals surface area contributed by atoms with Gasteiger partial charge in [0.05, 0.1) is 13.2 Å². The van der Waals surface area contributed by atoms with Gasteiger partial charge in [-0.2, -0.15) is 0 Å². The van der Waals surface area contributed by atoms with Crippen LogP contribution >= 0.6 is 0 Å². The first-order valence-electron chi connectivity index (χ1n) is 8.16. The van der Waals surface area contributed by atoms with Crippen molar-refractivity contribution >= 4 is 0 Å². The van der Waals surface area contributed by atoms with Crippen LogP contribution in [-0.4, -0.2) is 36.2 Å². The van der Waals surface area contributed by atoms with Crippen LogP contribution in [0.5, 0.6) is 5.75 Å². The van der Waals surface area contributed by atoms with Crippen molar-refractivity contribution in [2.75, 3.05) is 20.2 Å². The molecule has 118 valence electrons. The molecule has 0 aliphatic heterocycles. The number of hydrogen-bond donors (Lipinski definition) is 1. The number of ether oxygens (including phenoxy) is 1. The van der Waals surface area contributed by atoms with Gasteiger partial charge in [-0.15, -0.1) is 0 Å². The number of benzene rings is 1. The van der Waals surface area contributed by atoms with Crippen LogP contribution < -0.4 is 4.74 Å². The Bertz CT molecular complexity index is 427. The van der Waals surface area contributed by atoms with E-state index in [0.29, 0.717) is 18.5 Å². The van der Waals surface area contributed by atoms with Crippen molar-refractivity contribution in [1.82, 2.24) is 4.90 Å². The average molecular weight is 291 g/mol. The quantitative estimate of drug-likeness (QED) is 0.832. The van der Waals surface area contributed by atoms with Crippen molar-refractivity contribution in [2.45, 2.75) is 51.7 Å². The highest BCUT2D eigenvalue weighted by Gasteiger charge is 2.26. The third-order valence-electron chi connectivity index (χ3n) is 4.35. The molecule has 1 unspecified atom stereocenters. The zero-order valence-electron chi connectivity index (χ0n) is 13.6. The van der Waals surface area contributed by atoms with Crippen LogP contribution in [0.4, 0.5) is 0 Å². The lowest BCUT2D eigenvalue weighted by atomic mass is 10.0. The van der Waals surface area contributed by atoms with Gasteiger partial charge in [-0.25, -0.2) is 0 Å². The molecule has 0 radical (unpaired) electrons. The van der Waals surface area contributed by atoms with E-state index in [1.807, 2.05) is 24.3 Å². The molecule has 0 spiro atoms. The molecule has 1 aliphatic rings. The first-order chi connectivity index (χ1) is 10.1. The summed E-state index contributed by atoms with van der Waals surface area (Å²) in [6, 6.07) is 8.42. The summed E-state index contributed by atoms with van der Waals surface area (Å²) in [5.74, 6) is 1.40. The van der Waals surface area contributed by atoms with E-state index in [-0.39, 0.29) is 0 Å². The molecular formula is C18H29NO2. The summed E-state index contributed by atoms with van der Waals surface area (Å²) in [7, 11) is 1.66. The summed E-state index contributed by atoms with van der Waals surface area (Å²) >= 11 is 0. The summed E-state index contributed by atoms with van der Waals surface area (Å²) in [5.41, 5.74) is 0.895. The lowest BCUT2D eigenvalue weighted by molar-refractivity contribution is 0.0780. The van der Waals surface area contributed by atoms with Gasteiger partial charge in [-0.05, 0) is 24.8 Å². The van der Waals surface area contributed by atoms with Gasteiger partial charge in [-0.3, -0.25) is 4.90 Å². The lowest BCUT2D eigenvalue weighted by Gasteiger charge is -2.32. The number of nitrogens with zero attached hydrogens (tertiary/aromatic N) is 1. The predicted octanol–water partition coefficient (Wildman–Crippen LogP) is 3.63. The zero-order chi connectivity index (χ0) is 15.2. The Morgan fingerprint density at radius 2 is 1.86 bits per heavy atom. The molecular weight excluding hydrogens is 262 g/mol. The van der Waals surface area contributed by atoms with E-state index in [1.165, 1.54) is 25.7 Å². The Balaban J connectivity index is 2.07. The molecule has 3 nitrogen and oxygen atoms in total. The molecule has 1 N–H and O–H groups in total. The maximum absolute atomic E-state index is 10.7. The number of hydrogen-bond acceptors (Lipinski definition) is 3. The molecule has 3 heteroatoms. The van der Waals surface area contributed by atoms with Crippen molar-refractivity contribution in [2.24, 2.45) is 5.92 Å². The lowest BCUT2D eigenvalue weighted by Crippen LogP contribution is -2.39. The van der Waals surface area contributed by atoms with Gasteiger partial charge in [0.25, 0.3) is 0 Å². The number of rotatable bonds is 7. The summed E-state index contributed by atoms with van der Waals surface area (Å²) < 4.78 is 5.38. The maximum atomic E-state index is 10.7.